The first-order chi connectivity index (χ1) is 13.0. The first-order valence-electron chi connectivity index (χ1n) is 9.75. The van der Waals surface area contributed by atoms with Crippen molar-refractivity contribution in [1.29, 1.82) is 0 Å². The van der Waals surface area contributed by atoms with Crippen LogP contribution < -0.4 is 4.74 Å². The van der Waals surface area contributed by atoms with E-state index in [-0.39, 0.29) is 23.1 Å². The lowest BCUT2D eigenvalue weighted by Gasteiger charge is -2.58. The Hall–Kier alpha value is -2.15. The predicted octanol–water partition coefficient (Wildman–Crippen LogP) is 4.48. The molecule has 27 heavy (non-hydrogen) atoms. The summed E-state index contributed by atoms with van der Waals surface area (Å²) in [7, 11) is 0. The Morgan fingerprint density at radius 3 is 2.44 bits per heavy atom. The standard InChI is InChI=1S/C20H25NO6/c1-2-7-25-20-10-13-8-14(11-20)18(15(9-13)12-20)27-19(22)26-17-5-3-16(4-6-17)21(23)24/h3-6,13-15,18H,2,7-12H2,1H3. The van der Waals surface area contributed by atoms with Crippen molar-refractivity contribution in [3.05, 3.63) is 34.4 Å². The summed E-state index contributed by atoms with van der Waals surface area (Å²) in [5, 5.41) is 10.7. The van der Waals surface area contributed by atoms with E-state index in [1.165, 1.54) is 24.3 Å². The number of hydrogen-bond acceptors (Lipinski definition) is 6. The molecule has 0 aromatic heterocycles. The third-order valence-electron chi connectivity index (χ3n) is 6.22. The average molecular weight is 375 g/mol. The summed E-state index contributed by atoms with van der Waals surface area (Å²) in [5.41, 5.74) is -0.0663. The van der Waals surface area contributed by atoms with Gasteiger partial charge in [0.1, 0.15) is 11.9 Å². The fraction of sp³-hybridized carbons (Fsp3) is 0.650. The van der Waals surface area contributed by atoms with Gasteiger partial charge in [0.15, 0.2) is 0 Å². The molecular formula is C20H25NO6. The molecule has 146 valence electrons. The van der Waals surface area contributed by atoms with Gasteiger partial charge in [-0.25, -0.2) is 4.79 Å². The molecule has 0 spiro atoms. The van der Waals surface area contributed by atoms with E-state index in [4.69, 9.17) is 14.2 Å². The number of non-ortho nitro benzene ring substituents is 1. The van der Waals surface area contributed by atoms with Crippen molar-refractivity contribution in [2.75, 3.05) is 6.61 Å². The molecule has 0 radical (unpaired) electrons. The average Bonchev–Trinajstić information content (AvgIpc) is 2.63. The van der Waals surface area contributed by atoms with E-state index in [0.29, 0.717) is 17.8 Å². The van der Waals surface area contributed by atoms with Crippen molar-refractivity contribution >= 4 is 11.8 Å². The summed E-state index contributed by atoms with van der Waals surface area (Å²) in [5.74, 6) is 1.58. The van der Waals surface area contributed by atoms with Crippen LogP contribution in [0.5, 0.6) is 5.75 Å². The molecule has 7 nitrogen and oxygen atoms in total. The monoisotopic (exact) mass is 375 g/mol. The van der Waals surface area contributed by atoms with Crippen LogP contribution in [-0.4, -0.2) is 29.4 Å². The van der Waals surface area contributed by atoms with E-state index in [1.54, 1.807) is 0 Å². The Morgan fingerprint density at radius 2 is 1.85 bits per heavy atom. The molecule has 2 atom stereocenters. The quantitative estimate of drug-likeness (QED) is 0.315. The molecule has 2 unspecified atom stereocenters. The number of nitro benzene ring substituents is 1. The van der Waals surface area contributed by atoms with Gasteiger partial charge in [-0.15, -0.1) is 0 Å². The second-order valence-corrected chi connectivity index (χ2v) is 8.19. The second kappa shape index (κ2) is 7.11. The van der Waals surface area contributed by atoms with Crippen LogP contribution in [0, 0.1) is 27.9 Å². The zero-order valence-electron chi connectivity index (χ0n) is 15.5. The molecule has 0 amide bonds. The van der Waals surface area contributed by atoms with E-state index >= 15 is 0 Å². The fourth-order valence-corrected chi connectivity index (χ4v) is 5.46. The molecule has 0 saturated heterocycles. The van der Waals surface area contributed by atoms with Gasteiger partial charge in [-0.2, -0.15) is 0 Å². The number of carbonyl (C=O) groups is 1. The number of hydrogen-bond donors (Lipinski definition) is 0. The van der Waals surface area contributed by atoms with Gasteiger partial charge in [0.2, 0.25) is 0 Å². The molecule has 1 aromatic carbocycles. The lowest BCUT2D eigenvalue weighted by Crippen LogP contribution is -2.59. The smallest absolute Gasteiger partial charge is 0.430 e. The van der Waals surface area contributed by atoms with Crippen molar-refractivity contribution in [2.24, 2.45) is 17.8 Å². The normalized spacial score (nSPS) is 33.7. The molecule has 5 rings (SSSR count). The van der Waals surface area contributed by atoms with E-state index < -0.39 is 11.1 Å². The number of ether oxygens (including phenoxy) is 3. The molecule has 0 N–H and O–H groups in total. The maximum absolute atomic E-state index is 12.3. The van der Waals surface area contributed by atoms with Crippen LogP contribution in [0.4, 0.5) is 10.5 Å². The molecule has 4 saturated carbocycles. The fourth-order valence-electron chi connectivity index (χ4n) is 5.46. The van der Waals surface area contributed by atoms with E-state index in [2.05, 4.69) is 6.92 Å². The highest BCUT2D eigenvalue weighted by atomic mass is 16.7. The summed E-state index contributed by atoms with van der Waals surface area (Å²) in [6.07, 6.45) is 5.39. The first-order valence-corrected chi connectivity index (χ1v) is 9.75. The molecule has 4 aliphatic rings. The van der Waals surface area contributed by atoms with Crippen molar-refractivity contribution in [2.45, 2.75) is 57.2 Å². The molecule has 4 fully saturated rings. The van der Waals surface area contributed by atoms with Crippen molar-refractivity contribution in [3.63, 3.8) is 0 Å². The minimum atomic E-state index is -0.732. The number of nitro groups is 1. The highest BCUT2D eigenvalue weighted by Crippen LogP contribution is 2.58. The predicted molar refractivity (Wildman–Crippen MR) is 96.5 cm³/mol. The van der Waals surface area contributed by atoms with Crippen LogP contribution in [-0.2, 0) is 9.47 Å². The summed E-state index contributed by atoms with van der Waals surface area (Å²) >= 11 is 0. The van der Waals surface area contributed by atoms with E-state index in [9.17, 15) is 14.9 Å². The summed E-state index contributed by atoms with van der Waals surface area (Å²) in [4.78, 5) is 22.5. The second-order valence-electron chi connectivity index (χ2n) is 8.19. The van der Waals surface area contributed by atoms with E-state index in [1.807, 2.05) is 0 Å². The maximum atomic E-state index is 12.3. The first kappa shape index (κ1) is 18.2. The molecule has 4 bridgehead atoms. The van der Waals surface area contributed by atoms with Crippen molar-refractivity contribution in [1.82, 2.24) is 0 Å². The van der Waals surface area contributed by atoms with Gasteiger partial charge >= 0.3 is 6.16 Å². The number of rotatable bonds is 6. The maximum Gasteiger partial charge on any atom is 0.514 e. The van der Waals surface area contributed by atoms with Gasteiger partial charge in [0.05, 0.1) is 10.5 Å². The number of benzene rings is 1. The topological polar surface area (TPSA) is 87.9 Å². The molecule has 1 aromatic rings. The van der Waals surface area contributed by atoms with E-state index in [0.717, 1.165) is 45.1 Å². The van der Waals surface area contributed by atoms with Crippen LogP contribution >= 0.6 is 0 Å². The Morgan fingerprint density at radius 1 is 1.19 bits per heavy atom. The summed E-state index contributed by atoms with van der Waals surface area (Å²) in [6, 6.07) is 5.42. The Balaban J connectivity index is 1.37. The molecule has 0 aliphatic heterocycles. The highest BCUT2D eigenvalue weighted by Gasteiger charge is 2.57. The molecular weight excluding hydrogens is 350 g/mol. The highest BCUT2D eigenvalue weighted by molar-refractivity contribution is 5.64. The van der Waals surface area contributed by atoms with Crippen LogP contribution in [0.25, 0.3) is 0 Å². The zero-order valence-corrected chi connectivity index (χ0v) is 15.5. The minimum absolute atomic E-state index is 0.0192. The SMILES string of the molecule is CCCOC12CC3CC(C1)C(OC(=O)Oc1ccc([N+](=O)[O-])cc1)C(C3)C2. The van der Waals surface area contributed by atoms with Gasteiger partial charge in [-0.05, 0) is 68.4 Å². The van der Waals surface area contributed by atoms with Gasteiger partial charge in [-0.3, -0.25) is 10.1 Å². The molecule has 4 aliphatic carbocycles. The lowest BCUT2D eigenvalue weighted by molar-refractivity contribution is -0.384. The summed E-state index contributed by atoms with van der Waals surface area (Å²) in [6.45, 7) is 2.92. The Bertz CT molecular complexity index is 702. The third-order valence-corrected chi connectivity index (χ3v) is 6.22. The minimum Gasteiger partial charge on any atom is -0.430 e. The third kappa shape index (κ3) is 3.65. The van der Waals surface area contributed by atoms with Gasteiger partial charge in [0.25, 0.3) is 5.69 Å². The van der Waals surface area contributed by atoms with Gasteiger partial charge in [-0.1, -0.05) is 6.92 Å². The Labute approximate surface area is 158 Å². The number of carbonyl (C=O) groups excluding carboxylic acids is 1. The zero-order chi connectivity index (χ0) is 19.0. The summed E-state index contributed by atoms with van der Waals surface area (Å²) < 4.78 is 17.2. The molecule has 7 heteroatoms. The van der Waals surface area contributed by atoms with Gasteiger partial charge in [0, 0.05) is 18.7 Å². The number of nitrogens with zero attached hydrogens (tertiary/aromatic N) is 1. The molecule has 0 heterocycles. The van der Waals surface area contributed by atoms with Crippen molar-refractivity contribution < 1.29 is 23.9 Å². The van der Waals surface area contributed by atoms with Crippen LogP contribution in [0.1, 0.15) is 45.4 Å². The Kier molecular flexibility index (Phi) is 4.80. The van der Waals surface area contributed by atoms with Gasteiger partial charge < -0.3 is 14.2 Å². The van der Waals surface area contributed by atoms with Crippen LogP contribution in [0.15, 0.2) is 24.3 Å². The van der Waals surface area contributed by atoms with Crippen molar-refractivity contribution in [3.8, 4) is 5.75 Å². The largest absolute Gasteiger partial charge is 0.514 e. The van der Waals surface area contributed by atoms with Crippen LogP contribution in [0.2, 0.25) is 0 Å². The lowest BCUT2D eigenvalue weighted by atomic mass is 9.53. The van der Waals surface area contributed by atoms with Crippen LogP contribution in [0.3, 0.4) is 0 Å².